The second-order valence-electron chi connectivity index (χ2n) is 11.8. The summed E-state index contributed by atoms with van der Waals surface area (Å²) in [6, 6.07) is 57.0. The van der Waals surface area contributed by atoms with Crippen LogP contribution in [0.15, 0.2) is 174 Å². The Morgan fingerprint density at radius 2 is 1.02 bits per heavy atom. The van der Waals surface area contributed by atoms with E-state index in [9.17, 15) is 0 Å². The van der Waals surface area contributed by atoms with Crippen LogP contribution in [0, 0.1) is 0 Å². The van der Waals surface area contributed by atoms with Gasteiger partial charge in [-0.15, -0.1) is 0 Å². The monoisotopic (exact) mass is 621 g/mol. The summed E-state index contributed by atoms with van der Waals surface area (Å²) < 4.78 is 21.8. The largest absolute Gasteiger partial charge is 0.455 e. The molecule has 3 nitrogen and oxygen atoms in total. The Labute approximate surface area is 272 Å². The standard InChI is InChI=1S/C43H28NO2P/c45-47(31-16-6-2-7-17-31,32-18-8-3-9-19-32)33-26-24-29(25-27-33)36-28-37-40(41-35-21-11-13-23-39(35)46-43(36)41)34-20-10-12-22-38(34)44-42(37)30-14-4-1-5-15-30/h1-28H. The van der Waals surface area contributed by atoms with E-state index in [1.165, 1.54) is 0 Å². The highest BCUT2D eigenvalue weighted by atomic mass is 31.2. The Balaban J connectivity index is 1.34. The molecule has 4 heteroatoms. The summed E-state index contributed by atoms with van der Waals surface area (Å²) in [4.78, 5) is 5.23. The molecule has 0 fully saturated rings. The Bertz CT molecular complexity index is 2590. The van der Waals surface area contributed by atoms with Gasteiger partial charge < -0.3 is 8.98 Å². The Morgan fingerprint density at radius 3 is 1.70 bits per heavy atom. The SMILES string of the molecule is O=P(c1ccccc1)(c1ccccc1)c1ccc(-c2cc3c(-c4ccccc4)nc4ccccc4c3c3c2oc2ccccc23)cc1. The minimum absolute atomic E-state index is 0.790. The molecule has 0 N–H and O–H groups in total. The van der Waals surface area contributed by atoms with Crippen molar-refractivity contribution in [1.82, 2.24) is 4.98 Å². The number of hydrogen-bond acceptors (Lipinski definition) is 3. The molecule has 0 spiro atoms. The van der Waals surface area contributed by atoms with E-state index in [2.05, 4.69) is 72.8 Å². The van der Waals surface area contributed by atoms with E-state index in [4.69, 9.17) is 9.40 Å². The fraction of sp³-hybridized carbons (Fsp3) is 0. The van der Waals surface area contributed by atoms with Crippen molar-refractivity contribution in [2.24, 2.45) is 0 Å². The van der Waals surface area contributed by atoms with Crippen molar-refractivity contribution in [3.8, 4) is 22.4 Å². The van der Waals surface area contributed by atoms with Gasteiger partial charge in [-0.1, -0.05) is 152 Å². The van der Waals surface area contributed by atoms with Crippen LogP contribution in [-0.4, -0.2) is 4.98 Å². The van der Waals surface area contributed by atoms with Crippen molar-refractivity contribution >= 4 is 66.7 Å². The van der Waals surface area contributed by atoms with Crippen molar-refractivity contribution in [3.63, 3.8) is 0 Å². The van der Waals surface area contributed by atoms with Crippen molar-refractivity contribution in [2.45, 2.75) is 0 Å². The van der Waals surface area contributed by atoms with E-state index >= 15 is 4.57 Å². The van der Waals surface area contributed by atoms with E-state index in [-0.39, 0.29) is 0 Å². The zero-order chi connectivity index (χ0) is 31.4. The highest BCUT2D eigenvalue weighted by Crippen LogP contribution is 2.46. The molecule has 9 aromatic rings. The number of rotatable bonds is 5. The van der Waals surface area contributed by atoms with E-state index in [0.717, 1.165) is 81.9 Å². The molecule has 9 rings (SSSR count). The molecular formula is C43H28NO2P. The second-order valence-corrected chi connectivity index (χ2v) is 14.6. The van der Waals surface area contributed by atoms with Crippen LogP contribution < -0.4 is 15.9 Å². The Morgan fingerprint density at radius 1 is 0.468 bits per heavy atom. The lowest BCUT2D eigenvalue weighted by Gasteiger charge is -2.20. The van der Waals surface area contributed by atoms with Crippen molar-refractivity contribution in [2.75, 3.05) is 0 Å². The minimum atomic E-state index is -3.11. The molecule has 0 atom stereocenters. The molecule has 0 saturated heterocycles. The molecule has 0 unspecified atom stereocenters. The third-order valence-corrected chi connectivity index (χ3v) is 12.2. The van der Waals surface area contributed by atoms with E-state index in [0.29, 0.717) is 0 Å². The summed E-state index contributed by atoms with van der Waals surface area (Å²) in [5.74, 6) is 0. The van der Waals surface area contributed by atoms with Gasteiger partial charge in [-0.25, -0.2) is 4.98 Å². The smallest absolute Gasteiger partial charge is 0.171 e. The highest BCUT2D eigenvalue weighted by Gasteiger charge is 2.30. The van der Waals surface area contributed by atoms with Crippen LogP contribution in [-0.2, 0) is 4.57 Å². The fourth-order valence-corrected chi connectivity index (χ4v) is 9.58. The van der Waals surface area contributed by atoms with Gasteiger partial charge in [0, 0.05) is 54.0 Å². The number of fused-ring (bicyclic) bond motifs is 7. The first kappa shape index (κ1) is 27.5. The van der Waals surface area contributed by atoms with Gasteiger partial charge in [-0.3, -0.25) is 0 Å². The maximum Gasteiger partial charge on any atom is 0.171 e. The summed E-state index contributed by atoms with van der Waals surface area (Å²) in [5, 5.41) is 7.85. The predicted molar refractivity (Wildman–Crippen MR) is 197 cm³/mol. The van der Waals surface area contributed by atoms with Gasteiger partial charge in [0.15, 0.2) is 7.14 Å². The number of aromatic nitrogens is 1. The van der Waals surface area contributed by atoms with Gasteiger partial charge in [0.2, 0.25) is 0 Å². The molecule has 222 valence electrons. The van der Waals surface area contributed by atoms with Crippen molar-refractivity contribution in [1.29, 1.82) is 0 Å². The average Bonchev–Trinajstić information content (AvgIpc) is 3.55. The number of para-hydroxylation sites is 2. The normalized spacial score (nSPS) is 11.9. The number of furan rings is 1. The number of hydrogen-bond donors (Lipinski definition) is 0. The van der Waals surface area contributed by atoms with E-state index in [1.54, 1.807) is 0 Å². The lowest BCUT2D eigenvalue weighted by atomic mass is 9.92. The first-order chi connectivity index (χ1) is 23.2. The molecule has 0 bridgehead atoms. The number of benzene rings is 7. The average molecular weight is 622 g/mol. The third-order valence-electron chi connectivity index (χ3n) is 9.14. The van der Waals surface area contributed by atoms with Gasteiger partial charge in [-0.05, 0) is 23.8 Å². The minimum Gasteiger partial charge on any atom is -0.455 e. The van der Waals surface area contributed by atoms with Crippen LogP contribution >= 0.6 is 7.14 Å². The highest BCUT2D eigenvalue weighted by molar-refractivity contribution is 7.85. The molecule has 2 aromatic heterocycles. The van der Waals surface area contributed by atoms with Crippen LogP contribution in [0.2, 0.25) is 0 Å². The molecule has 7 aromatic carbocycles. The Kier molecular flexibility index (Phi) is 6.41. The van der Waals surface area contributed by atoms with Crippen LogP contribution in [0.4, 0.5) is 0 Å². The van der Waals surface area contributed by atoms with Gasteiger partial charge in [0.05, 0.1) is 11.2 Å². The molecule has 0 aliphatic heterocycles. The van der Waals surface area contributed by atoms with Crippen LogP contribution in [0.25, 0.3) is 66.0 Å². The van der Waals surface area contributed by atoms with Crippen LogP contribution in [0.1, 0.15) is 0 Å². The first-order valence-corrected chi connectivity index (χ1v) is 17.5. The topological polar surface area (TPSA) is 43.1 Å². The zero-order valence-corrected chi connectivity index (χ0v) is 26.3. The Hall–Kier alpha value is -5.76. The predicted octanol–water partition coefficient (Wildman–Crippen LogP) is 10.3. The van der Waals surface area contributed by atoms with Crippen molar-refractivity contribution in [3.05, 3.63) is 170 Å². The van der Waals surface area contributed by atoms with Crippen LogP contribution in [0.5, 0.6) is 0 Å². The first-order valence-electron chi connectivity index (χ1n) is 15.7. The van der Waals surface area contributed by atoms with E-state index in [1.807, 2.05) is 97.1 Å². The molecule has 47 heavy (non-hydrogen) atoms. The van der Waals surface area contributed by atoms with E-state index < -0.39 is 7.14 Å². The maximum atomic E-state index is 15.1. The summed E-state index contributed by atoms with van der Waals surface area (Å²) in [7, 11) is -3.11. The zero-order valence-electron chi connectivity index (χ0n) is 25.4. The summed E-state index contributed by atoms with van der Waals surface area (Å²) in [5.41, 5.74) is 6.56. The molecular weight excluding hydrogens is 593 g/mol. The number of pyridine rings is 1. The number of nitrogens with zero attached hydrogens (tertiary/aromatic N) is 1. The van der Waals surface area contributed by atoms with Crippen LogP contribution in [0.3, 0.4) is 0 Å². The molecule has 0 radical (unpaired) electrons. The summed E-state index contributed by atoms with van der Waals surface area (Å²) in [6.45, 7) is 0. The molecule has 2 heterocycles. The molecule has 0 amide bonds. The molecule has 0 aliphatic rings. The second kappa shape index (κ2) is 10.9. The third kappa shape index (κ3) is 4.35. The lowest BCUT2D eigenvalue weighted by molar-refractivity contribution is 0.592. The van der Waals surface area contributed by atoms with Gasteiger partial charge in [-0.2, -0.15) is 0 Å². The lowest BCUT2D eigenvalue weighted by Crippen LogP contribution is -2.24. The molecule has 0 aliphatic carbocycles. The van der Waals surface area contributed by atoms with Gasteiger partial charge >= 0.3 is 0 Å². The van der Waals surface area contributed by atoms with Gasteiger partial charge in [0.1, 0.15) is 11.2 Å². The fourth-order valence-electron chi connectivity index (χ4n) is 6.93. The van der Waals surface area contributed by atoms with Gasteiger partial charge in [0.25, 0.3) is 0 Å². The quantitative estimate of drug-likeness (QED) is 0.142. The van der Waals surface area contributed by atoms with Crippen molar-refractivity contribution < 1.29 is 8.98 Å². The molecule has 0 saturated carbocycles. The summed E-state index contributed by atoms with van der Waals surface area (Å²) >= 11 is 0. The maximum absolute atomic E-state index is 15.1. The summed E-state index contributed by atoms with van der Waals surface area (Å²) in [6.07, 6.45) is 0.